The molecule has 0 amide bonds. The molecule has 8 heavy (non-hydrogen) atoms. The van der Waals surface area contributed by atoms with E-state index in [1.54, 1.807) is 0 Å². The van der Waals surface area contributed by atoms with Gasteiger partial charge in [0.2, 0.25) is 0 Å². The number of rotatable bonds is 1. The number of hydrogen-bond acceptors (Lipinski definition) is 0. The van der Waals surface area contributed by atoms with E-state index in [-0.39, 0.29) is 0 Å². The SMILES string of the molecule is CC(C)[C]1[C][C][C][C]1. The van der Waals surface area contributed by atoms with Crippen molar-refractivity contribution >= 4 is 0 Å². The van der Waals surface area contributed by atoms with Crippen molar-refractivity contribution in [2.24, 2.45) is 5.92 Å². The van der Waals surface area contributed by atoms with Crippen molar-refractivity contribution in [3.63, 3.8) is 0 Å². The molecule has 0 heterocycles. The average molecular weight is 103 g/mol. The van der Waals surface area contributed by atoms with Crippen LogP contribution in [-0.4, -0.2) is 0 Å². The Bertz CT molecular complexity index is 58.4. The summed E-state index contributed by atoms with van der Waals surface area (Å²) in [5.41, 5.74) is 0. The summed E-state index contributed by atoms with van der Waals surface area (Å²) in [5.74, 6) is 1.59. The van der Waals surface area contributed by atoms with E-state index in [9.17, 15) is 0 Å². The van der Waals surface area contributed by atoms with Crippen LogP contribution in [0.15, 0.2) is 0 Å². The molecule has 1 aliphatic carbocycles. The van der Waals surface area contributed by atoms with Gasteiger partial charge in [-0.15, -0.1) is 0 Å². The fourth-order valence-corrected chi connectivity index (χ4v) is 0.517. The van der Waals surface area contributed by atoms with E-state index in [1.165, 1.54) is 0 Å². The maximum Gasteiger partial charge on any atom is -0.0000132 e. The maximum atomic E-state index is 2.90. The molecule has 0 spiro atoms. The Kier molecular flexibility index (Phi) is 1.93. The Balaban J connectivity index is 2.24. The van der Waals surface area contributed by atoms with Crippen molar-refractivity contribution in [3.8, 4) is 0 Å². The second-order valence-corrected chi connectivity index (χ2v) is 2.07. The Hall–Kier alpha value is 0. The maximum absolute atomic E-state index is 2.90. The molecule has 0 heteroatoms. The third kappa shape index (κ3) is 1.24. The first-order valence-corrected chi connectivity index (χ1v) is 2.69. The van der Waals surface area contributed by atoms with Gasteiger partial charge in [-0.25, -0.2) is 0 Å². The highest BCUT2D eigenvalue weighted by Gasteiger charge is 2.20. The van der Waals surface area contributed by atoms with Crippen molar-refractivity contribution in [2.75, 3.05) is 0 Å². The van der Waals surface area contributed by atoms with Gasteiger partial charge in [-0.05, 0) is 37.5 Å². The minimum atomic E-state index is 0.512. The molecular formula is C8H7. The van der Waals surface area contributed by atoms with E-state index < -0.39 is 0 Å². The van der Waals surface area contributed by atoms with Crippen LogP contribution in [-0.2, 0) is 0 Å². The Morgan fingerprint density at radius 3 is 1.88 bits per heavy atom. The first-order valence-electron chi connectivity index (χ1n) is 2.69. The fourth-order valence-electron chi connectivity index (χ4n) is 0.517. The minimum Gasteiger partial charge on any atom is -0.0622 e. The topological polar surface area (TPSA) is 0 Å². The summed E-state index contributed by atoms with van der Waals surface area (Å²) in [7, 11) is 0. The molecule has 0 aromatic heterocycles. The van der Waals surface area contributed by atoms with Crippen LogP contribution < -0.4 is 0 Å². The van der Waals surface area contributed by atoms with Gasteiger partial charge in [-0.2, -0.15) is 0 Å². The highest BCUT2D eigenvalue weighted by atomic mass is 14.2. The highest BCUT2D eigenvalue weighted by molar-refractivity contribution is 5.35. The van der Waals surface area contributed by atoms with Gasteiger partial charge in [0.05, 0.1) is 0 Å². The average Bonchev–Trinajstić information content (AvgIpc) is 2.12. The summed E-state index contributed by atoms with van der Waals surface area (Å²) >= 11 is 0. The molecule has 9 radical (unpaired) electrons. The lowest BCUT2D eigenvalue weighted by molar-refractivity contribution is 0.711. The van der Waals surface area contributed by atoms with Crippen LogP contribution in [0.4, 0.5) is 0 Å². The Morgan fingerprint density at radius 1 is 1.12 bits per heavy atom. The van der Waals surface area contributed by atoms with Crippen LogP contribution in [0.25, 0.3) is 0 Å². The van der Waals surface area contributed by atoms with E-state index in [4.69, 9.17) is 0 Å². The summed E-state index contributed by atoms with van der Waals surface area (Å²) < 4.78 is 0. The first-order chi connectivity index (χ1) is 3.80. The monoisotopic (exact) mass is 103 g/mol. The molecule has 0 aromatic rings. The molecule has 0 N–H and O–H groups in total. The van der Waals surface area contributed by atoms with E-state index in [1.807, 2.05) is 0 Å². The van der Waals surface area contributed by atoms with Crippen LogP contribution in [0.2, 0.25) is 0 Å². The summed E-state index contributed by atoms with van der Waals surface area (Å²) in [6.07, 6.45) is 11.2. The largest absolute Gasteiger partial charge is 0.0622 e. The van der Waals surface area contributed by atoms with Gasteiger partial charge in [0.15, 0.2) is 0 Å². The van der Waals surface area contributed by atoms with Crippen molar-refractivity contribution in [1.29, 1.82) is 0 Å². The van der Waals surface area contributed by atoms with Gasteiger partial charge < -0.3 is 0 Å². The van der Waals surface area contributed by atoms with Gasteiger partial charge in [-0.1, -0.05) is 13.8 Å². The van der Waals surface area contributed by atoms with Crippen molar-refractivity contribution in [3.05, 3.63) is 31.6 Å². The van der Waals surface area contributed by atoms with Gasteiger partial charge in [0, 0.05) is 0 Å². The smallest absolute Gasteiger partial charge is 0.0000132 e. The zero-order valence-electron chi connectivity index (χ0n) is 5.08. The molecule has 0 bridgehead atoms. The second-order valence-electron chi connectivity index (χ2n) is 2.07. The molecule has 39 valence electrons. The molecule has 0 aromatic carbocycles. The normalized spacial score (nSPS) is 22.9. The quantitative estimate of drug-likeness (QED) is 0.472. The summed E-state index contributed by atoms with van der Waals surface area (Å²) in [6.45, 7) is 4.20. The third-order valence-electron chi connectivity index (χ3n) is 1.03. The molecule has 0 nitrogen and oxygen atoms in total. The molecule has 1 saturated carbocycles. The van der Waals surface area contributed by atoms with E-state index in [2.05, 4.69) is 39.5 Å². The molecule has 0 aliphatic heterocycles. The Morgan fingerprint density at radius 2 is 1.62 bits per heavy atom. The lowest BCUT2D eigenvalue weighted by Crippen LogP contribution is -2.00. The second kappa shape index (κ2) is 2.52. The van der Waals surface area contributed by atoms with E-state index in [0.717, 1.165) is 5.92 Å². The van der Waals surface area contributed by atoms with E-state index >= 15 is 0 Å². The first kappa shape index (κ1) is 6.12. The molecule has 0 unspecified atom stereocenters. The van der Waals surface area contributed by atoms with Crippen molar-refractivity contribution in [1.82, 2.24) is 0 Å². The highest BCUT2D eigenvalue weighted by Crippen LogP contribution is 2.29. The molecule has 1 rings (SSSR count). The van der Waals surface area contributed by atoms with Crippen LogP contribution in [0.3, 0.4) is 0 Å². The Labute approximate surface area is 52.3 Å². The van der Waals surface area contributed by atoms with Crippen molar-refractivity contribution in [2.45, 2.75) is 13.8 Å². The molecular weight excluding hydrogens is 96.1 g/mol. The van der Waals surface area contributed by atoms with E-state index in [0.29, 0.717) is 5.92 Å². The zero-order chi connectivity index (χ0) is 5.98. The molecule has 0 atom stereocenters. The lowest BCUT2D eigenvalue weighted by Gasteiger charge is -2.08. The summed E-state index contributed by atoms with van der Waals surface area (Å²) in [5, 5.41) is 0. The molecule has 1 aliphatic rings. The predicted octanol–water partition coefficient (Wildman–Crippen LogP) is 1.56. The van der Waals surface area contributed by atoms with Gasteiger partial charge in [-0.3, -0.25) is 0 Å². The van der Waals surface area contributed by atoms with Crippen LogP contribution >= 0.6 is 0 Å². The van der Waals surface area contributed by atoms with Crippen LogP contribution in [0, 0.1) is 37.5 Å². The standard InChI is InChI=1S/C8H7/c1-7(2)8-5-3-4-6-8/h7H,1-2H3. The number of hydrogen-bond donors (Lipinski definition) is 0. The predicted molar refractivity (Wildman–Crippen MR) is 31.1 cm³/mol. The fraction of sp³-hybridized carbons (Fsp3) is 0.375. The molecule has 1 fully saturated rings. The third-order valence-corrected chi connectivity index (χ3v) is 1.03. The van der Waals surface area contributed by atoms with Crippen molar-refractivity contribution < 1.29 is 0 Å². The van der Waals surface area contributed by atoms with Crippen LogP contribution in [0.5, 0.6) is 0 Å². The lowest BCUT2D eigenvalue weighted by atomic mass is 9.95. The van der Waals surface area contributed by atoms with Gasteiger partial charge in [0.1, 0.15) is 0 Å². The van der Waals surface area contributed by atoms with Gasteiger partial charge in [0.25, 0.3) is 0 Å². The zero-order valence-corrected chi connectivity index (χ0v) is 5.08. The summed E-state index contributed by atoms with van der Waals surface area (Å²) in [4.78, 5) is 0. The van der Waals surface area contributed by atoms with Gasteiger partial charge >= 0.3 is 0 Å². The summed E-state index contributed by atoms with van der Waals surface area (Å²) in [6, 6.07) is 0. The van der Waals surface area contributed by atoms with Crippen LogP contribution in [0.1, 0.15) is 13.8 Å². The molecule has 0 saturated heterocycles. The minimum absolute atomic E-state index is 0.512.